The molecule has 6 nitrogen and oxygen atoms in total. The van der Waals surface area contributed by atoms with E-state index in [-0.39, 0.29) is 42.3 Å². The van der Waals surface area contributed by atoms with Gasteiger partial charge in [0.15, 0.2) is 11.6 Å². The highest BCUT2D eigenvalue weighted by atomic mass is 32.1. The maximum atomic E-state index is 12.0. The Hall–Kier alpha value is -0.920. The molecule has 7 heteroatoms. The van der Waals surface area contributed by atoms with Crippen molar-refractivity contribution >= 4 is 30.1 Å². The van der Waals surface area contributed by atoms with Crippen molar-refractivity contribution in [2.24, 2.45) is 23.3 Å². The molecule has 0 fully saturated rings. The highest BCUT2D eigenvalue weighted by Crippen LogP contribution is 2.06. The minimum Gasteiger partial charge on any atom is -0.370 e. The molecule has 5 N–H and O–H groups in total. The summed E-state index contributed by atoms with van der Waals surface area (Å²) in [5, 5.41) is 3.06. The molecule has 0 saturated heterocycles. The summed E-state index contributed by atoms with van der Waals surface area (Å²) in [7, 11) is 0. The highest BCUT2D eigenvalue weighted by Gasteiger charge is 2.24. The lowest BCUT2D eigenvalue weighted by Gasteiger charge is -2.21. The SMILES string of the molecule is CC(C)C(=O)[C@H](CS)NCC(C)C(=O)[C@@H](N)CCC(N)=O. The van der Waals surface area contributed by atoms with Crippen molar-refractivity contribution in [3.05, 3.63) is 0 Å². The lowest BCUT2D eigenvalue weighted by molar-refractivity contribution is -0.126. The summed E-state index contributed by atoms with van der Waals surface area (Å²) < 4.78 is 0. The Kier molecular flexibility index (Phi) is 9.48. The first-order valence-corrected chi connectivity index (χ1v) is 7.79. The van der Waals surface area contributed by atoms with Crippen LogP contribution in [0.2, 0.25) is 0 Å². The Bertz CT molecular complexity index is 374. The smallest absolute Gasteiger partial charge is 0.217 e. The third-order valence-corrected chi connectivity index (χ3v) is 3.68. The number of carbonyl (C=O) groups is 3. The van der Waals surface area contributed by atoms with E-state index in [1.54, 1.807) is 6.92 Å². The zero-order valence-corrected chi connectivity index (χ0v) is 13.9. The third-order valence-electron chi connectivity index (χ3n) is 3.32. The molecule has 1 amide bonds. The zero-order valence-electron chi connectivity index (χ0n) is 13.0. The number of nitrogens with two attached hydrogens (primary N) is 2. The predicted molar refractivity (Wildman–Crippen MR) is 86.1 cm³/mol. The highest BCUT2D eigenvalue weighted by molar-refractivity contribution is 7.80. The van der Waals surface area contributed by atoms with Gasteiger partial charge in [0.25, 0.3) is 0 Å². The van der Waals surface area contributed by atoms with E-state index >= 15 is 0 Å². The molecular weight excluding hydrogens is 290 g/mol. The first-order valence-electron chi connectivity index (χ1n) is 7.16. The van der Waals surface area contributed by atoms with E-state index in [4.69, 9.17) is 11.5 Å². The lowest BCUT2D eigenvalue weighted by atomic mass is 9.96. The van der Waals surface area contributed by atoms with E-state index in [0.717, 1.165) is 0 Å². The van der Waals surface area contributed by atoms with Crippen LogP contribution >= 0.6 is 12.6 Å². The van der Waals surface area contributed by atoms with Crippen molar-refractivity contribution in [3.8, 4) is 0 Å². The van der Waals surface area contributed by atoms with E-state index in [1.165, 1.54) is 0 Å². The summed E-state index contributed by atoms with van der Waals surface area (Å²) in [6.45, 7) is 5.76. The van der Waals surface area contributed by atoms with Crippen LogP contribution in [0.25, 0.3) is 0 Å². The average Bonchev–Trinajstić information content (AvgIpc) is 2.43. The van der Waals surface area contributed by atoms with E-state index in [9.17, 15) is 14.4 Å². The molecular formula is C14H27N3O3S. The van der Waals surface area contributed by atoms with E-state index in [0.29, 0.717) is 12.3 Å². The molecule has 0 saturated carbocycles. The normalized spacial score (nSPS) is 15.5. The largest absolute Gasteiger partial charge is 0.370 e. The number of nitrogens with one attached hydrogen (secondary N) is 1. The van der Waals surface area contributed by atoms with Gasteiger partial charge in [-0.05, 0) is 6.42 Å². The molecule has 0 aliphatic heterocycles. The molecule has 1 unspecified atom stereocenters. The van der Waals surface area contributed by atoms with Gasteiger partial charge < -0.3 is 16.8 Å². The van der Waals surface area contributed by atoms with Gasteiger partial charge in [0.1, 0.15) is 0 Å². The topological polar surface area (TPSA) is 115 Å². The molecule has 21 heavy (non-hydrogen) atoms. The summed E-state index contributed by atoms with van der Waals surface area (Å²) in [5.41, 5.74) is 10.8. The van der Waals surface area contributed by atoms with Crippen LogP contribution in [0.4, 0.5) is 0 Å². The second kappa shape index (κ2) is 9.92. The van der Waals surface area contributed by atoms with E-state index < -0.39 is 11.9 Å². The Morgan fingerprint density at radius 3 is 2.14 bits per heavy atom. The van der Waals surface area contributed by atoms with Crippen LogP contribution in [0.3, 0.4) is 0 Å². The Balaban J connectivity index is 4.34. The first kappa shape index (κ1) is 20.1. The molecule has 0 bridgehead atoms. The number of ketones is 2. The van der Waals surface area contributed by atoms with Gasteiger partial charge in [-0.1, -0.05) is 20.8 Å². The Labute approximate surface area is 131 Å². The van der Waals surface area contributed by atoms with Gasteiger partial charge in [0.05, 0.1) is 12.1 Å². The van der Waals surface area contributed by atoms with Crippen molar-refractivity contribution in [2.75, 3.05) is 12.3 Å². The molecule has 0 rings (SSSR count). The van der Waals surface area contributed by atoms with Gasteiger partial charge in [-0.25, -0.2) is 0 Å². The summed E-state index contributed by atoms with van der Waals surface area (Å²) in [4.78, 5) is 34.6. The molecule has 122 valence electrons. The van der Waals surface area contributed by atoms with Crippen LogP contribution in [-0.4, -0.2) is 41.9 Å². The molecule has 0 aromatic carbocycles. The minimum absolute atomic E-state index is 0.0719. The van der Waals surface area contributed by atoms with E-state index in [2.05, 4.69) is 17.9 Å². The zero-order chi connectivity index (χ0) is 16.6. The second-order valence-electron chi connectivity index (χ2n) is 5.62. The van der Waals surface area contributed by atoms with E-state index in [1.807, 2.05) is 13.8 Å². The number of carbonyl (C=O) groups excluding carboxylic acids is 3. The molecule has 0 aliphatic carbocycles. The number of thiol groups is 1. The molecule has 0 aromatic rings. The standard InChI is InChI=1S/C14H27N3O3S/c1-8(2)13(19)11(7-21)17-6-9(3)14(20)10(15)4-5-12(16)18/h8-11,17,21H,4-7,15H2,1-3H3,(H2,16,18)/t9?,10-,11-/m0/s1. The number of hydrogen-bond acceptors (Lipinski definition) is 6. The molecule has 0 aromatic heterocycles. The number of Topliss-reactive ketones (excluding diaryl/α,β-unsaturated/α-hetero) is 2. The maximum absolute atomic E-state index is 12.0. The summed E-state index contributed by atoms with van der Waals surface area (Å²) in [6.07, 6.45) is 0.345. The third kappa shape index (κ3) is 7.59. The summed E-state index contributed by atoms with van der Waals surface area (Å²) in [5.74, 6) is -0.581. The average molecular weight is 317 g/mol. The fourth-order valence-electron chi connectivity index (χ4n) is 1.88. The molecule has 0 radical (unpaired) electrons. The fourth-order valence-corrected chi connectivity index (χ4v) is 2.19. The lowest BCUT2D eigenvalue weighted by Crippen LogP contribution is -2.45. The molecule has 3 atom stereocenters. The summed E-state index contributed by atoms with van der Waals surface area (Å²) >= 11 is 4.16. The van der Waals surface area contributed by atoms with Crippen molar-refractivity contribution in [3.63, 3.8) is 0 Å². The summed E-state index contributed by atoms with van der Waals surface area (Å²) in [6, 6.07) is -1.07. The van der Waals surface area contributed by atoms with Crippen molar-refractivity contribution in [2.45, 2.75) is 45.7 Å². The molecule has 0 aliphatic rings. The maximum Gasteiger partial charge on any atom is 0.217 e. The van der Waals surface area contributed by atoms with Gasteiger partial charge in [0.2, 0.25) is 5.91 Å². The quantitative estimate of drug-likeness (QED) is 0.397. The van der Waals surface area contributed by atoms with Crippen molar-refractivity contribution < 1.29 is 14.4 Å². The first-order chi connectivity index (χ1) is 9.70. The van der Waals surface area contributed by atoms with Gasteiger partial charge in [-0.2, -0.15) is 12.6 Å². The van der Waals surface area contributed by atoms with Crippen LogP contribution in [0, 0.1) is 11.8 Å². The van der Waals surface area contributed by atoms with Crippen molar-refractivity contribution in [1.82, 2.24) is 5.32 Å². The number of rotatable bonds is 11. The van der Waals surface area contributed by atoms with Crippen LogP contribution in [0.15, 0.2) is 0 Å². The second-order valence-corrected chi connectivity index (χ2v) is 5.98. The van der Waals surface area contributed by atoms with Crippen LogP contribution in [-0.2, 0) is 14.4 Å². The fraction of sp³-hybridized carbons (Fsp3) is 0.786. The monoisotopic (exact) mass is 317 g/mol. The van der Waals surface area contributed by atoms with Crippen molar-refractivity contribution in [1.29, 1.82) is 0 Å². The van der Waals surface area contributed by atoms with Gasteiger partial charge in [0, 0.05) is 30.6 Å². The number of hydrogen-bond donors (Lipinski definition) is 4. The molecule has 0 spiro atoms. The number of primary amides is 1. The van der Waals surface area contributed by atoms with Crippen LogP contribution in [0.1, 0.15) is 33.6 Å². The Morgan fingerprint density at radius 2 is 1.71 bits per heavy atom. The van der Waals surface area contributed by atoms with Gasteiger partial charge >= 0.3 is 0 Å². The predicted octanol–water partition coefficient (Wildman–Crippen LogP) is -0.102. The van der Waals surface area contributed by atoms with Gasteiger partial charge in [-0.15, -0.1) is 0 Å². The Morgan fingerprint density at radius 1 is 1.14 bits per heavy atom. The van der Waals surface area contributed by atoms with Gasteiger partial charge in [-0.3, -0.25) is 14.4 Å². The van der Waals surface area contributed by atoms with Crippen LogP contribution < -0.4 is 16.8 Å². The molecule has 0 heterocycles. The van der Waals surface area contributed by atoms with Crippen LogP contribution in [0.5, 0.6) is 0 Å². The number of amides is 1. The minimum atomic E-state index is -0.704.